The number of nitrogens with two attached hydrogens (primary N) is 1. The number of rotatable bonds is 7. The van der Waals surface area contributed by atoms with Crippen molar-refractivity contribution in [3.8, 4) is 0 Å². The van der Waals surface area contributed by atoms with Gasteiger partial charge in [-0.05, 0) is 31.5 Å². The molecule has 0 radical (unpaired) electrons. The van der Waals surface area contributed by atoms with Gasteiger partial charge >= 0.3 is 0 Å². The average molecular weight is 253 g/mol. The fraction of sp³-hybridized carbons (Fsp3) is 0.500. The molecule has 1 aromatic heterocycles. The summed E-state index contributed by atoms with van der Waals surface area (Å²) >= 11 is 0. The summed E-state index contributed by atoms with van der Waals surface area (Å²) in [4.78, 5) is 3.99. The van der Waals surface area contributed by atoms with Crippen molar-refractivity contribution in [2.45, 2.75) is 26.6 Å². The lowest BCUT2D eigenvalue weighted by Gasteiger charge is -2.13. The van der Waals surface area contributed by atoms with Crippen LogP contribution in [0.15, 0.2) is 23.5 Å². The first-order valence-electron chi connectivity index (χ1n) is 5.79. The van der Waals surface area contributed by atoms with Gasteiger partial charge in [-0.15, -0.1) is 0 Å². The predicted octanol–water partition coefficient (Wildman–Crippen LogP) is 1.12. The normalized spacial score (nSPS) is 13.6. The van der Waals surface area contributed by atoms with Crippen LogP contribution in [-0.4, -0.2) is 35.3 Å². The lowest BCUT2D eigenvalue weighted by Crippen LogP contribution is -2.17. The van der Waals surface area contributed by atoms with E-state index in [4.69, 9.17) is 20.4 Å². The molecule has 1 aromatic rings. The van der Waals surface area contributed by atoms with Crippen molar-refractivity contribution in [2.75, 3.05) is 13.2 Å². The predicted molar refractivity (Wildman–Crippen MR) is 67.5 cm³/mol. The zero-order valence-electron chi connectivity index (χ0n) is 10.7. The van der Waals surface area contributed by atoms with Gasteiger partial charge in [0.1, 0.15) is 5.69 Å². The molecule has 100 valence electrons. The number of hydrogen-bond donors (Lipinski definition) is 2. The Bertz CT molecular complexity index is 396. The van der Waals surface area contributed by atoms with Gasteiger partial charge in [0.05, 0.1) is 19.3 Å². The van der Waals surface area contributed by atoms with Gasteiger partial charge in [0.2, 0.25) is 0 Å². The average Bonchev–Trinajstić information content (AvgIpc) is 2.42. The third-order valence-corrected chi connectivity index (χ3v) is 2.29. The Morgan fingerprint density at radius 1 is 1.61 bits per heavy atom. The molecule has 0 amide bonds. The molecule has 0 fully saturated rings. The molecule has 3 N–H and O–H groups in total. The highest BCUT2D eigenvalue weighted by molar-refractivity contribution is 5.95. The Morgan fingerprint density at radius 3 is 3.06 bits per heavy atom. The number of ether oxygens (including phenoxy) is 2. The highest BCUT2D eigenvalue weighted by Gasteiger charge is 2.05. The summed E-state index contributed by atoms with van der Waals surface area (Å²) in [6, 6.07) is 3.55. The zero-order valence-corrected chi connectivity index (χ0v) is 10.7. The third-order valence-electron chi connectivity index (χ3n) is 2.29. The minimum absolute atomic E-state index is 0.0146. The lowest BCUT2D eigenvalue weighted by atomic mass is 10.2. The Balaban J connectivity index is 2.52. The highest BCUT2D eigenvalue weighted by Crippen LogP contribution is 2.05. The zero-order chi connectivity index (χ0) is 13.4. The quantitative estimate of drug-likeness (QED) is 0.329. The van der Waals surface area contributed by atoms with Crippen molar-refractivity contribution in [3.05, 3.63) is 29.6 Å². The number of amidine groups is 1. The first-order valence-corrected chi connectivity index (χ1v) is 5.79. The van der Waals surface area contributed by atoms with Crippen LogP contribution in [0.4, 0.5) is 0 Å². The van der Waals surface area contributed by atoms with Crippen LogP contribution in [0.1, 0.15) is 25.1 Å². The van der Waals surface area contributed by atoms with Crippen molar-refractivity contribution in [1.82, 2.24) is 4.98 Å². The maximum atomic E-state index is 8.57. The number of pyridine rings is 1. The van der Waals surface area contributed by atoms with E-state index in [0.717, 1.165) is 5.56 Å². The van der Waals surface area contributed by atoms with E-state index in [-0.39, 0.29) is 11.9 Å². The standard InChI is InChI=1S/C12H19N3O3/c1-3-17-7-9(2)18-8-10-4-5-14-11(6-10)12(13)15-16/h4-6,9,16H,3,7-8H2,1-2H3,(H2,13,15). The molecule has 0 saturated heterocycles. The first kappa shape index (κ1) is 14.4. The van der Waals surface area contributed by atoms with Gasteiger partial charge in [0.25, 0.3) is 0 Å². The van der Waals surface area contributed by atoms with E-state index >= 15 is 0 Å². The fourth-order valence-corrected chi connectivity index (χ4v) is 1.33. The number of hydrogen-bond acceptors (Lipinski definition) is 5. The molecule has 6 heteroatoms. The van der Waals surface area contributed by atoms with Crippen molar-refractivity contribution < 1.29 is 14.7 Å². The smallest absolute Gasteiger partial charge is 0.188 e. The Morgan fingerprint density at radius 2 is 2.39 bits per heavy atom. The molecule has 1 heterocycles. The summed E-state index contributed by atoms with van der Waals surface area (Å²) in [5, 5.41) is 11.5. The van der Waals surface area contributed by atoms with E-state index in [9.17, 15) is 0 Å². The summed E-state index contributed by atoms with van der Waals surface area (Å²) in [5.41, 5.74) is 6.80. The van der Waals surface area contributed by atoms with Crippen LogP contribution in [0.25, 0.3) is 0 Å². The second-order valence-electron chi connectivity index (χ2n) is 3.82. The Hall–Kier alpha value is -1.66. The van der Waals surface area contributed by atoms with Crippen LogP contribution < -0.4 is 5.73 Å². The van der Waals surface area contributed by atoms with E-state index in [1.165, 1.54) is 0 Å². The monoisotopic (exact) mass is 253 g/mol. The van der Waals surface area contributed by atoms with Gasteiger partial charge in [0.15, 0.2) is 5.84 Å². The molecular weight excluding hydrogens is 234 g/mol. The molecule has 0 aliphatic carbocycles. The minimum Gasteiger partial charge on any atom is -0.409 e. The summed E-state index contributed by atoms with van der Waals surface area (Å²) in [6.07, 6.45) is 1.62. The first-order chi connectivity index (χ1) is 8.67. The molecule has 0 aliphatic rings. The van der Waals surface area contributed by atoms with E-state index in [0.29, 0.717) is 25.5 Å². The summed E-state index contributed by atoms with van der Waals surface area (Å²) < 4.78 is 10.9. The van der Waals surface area contributed by atoms with E-state index < -0.39 is 0 Å². The van der Waals surface area contributed by atoms with Gasteiger partial charge in [0, 0.05) is 12.8 Å². The molecule has 1 atom stereocenters. The fourth-order valence-electron chi connectivity index (χ4n) is 1.33. The molecule has 0 bridgehead atoms. The second kappa shape index (κ2) is 7.62. The molecule has 0 aromatic carbocycles. The summed E-state index contributed by atoms with van der Waals surface area (Å²) in [7, 11) is 0. The van der Waals surface area contributed by atoms with Gasteiger partial charge in [-0.25, -0.2) is 0 Å². The molecule has 0 aliphatic heterocycles. The largest absolute Gasteiger partial charge is 0.409 e. The maximum Gasteiger partial charge on any atom is 0.188 e. The van der Waals surface area contributed by atoms with Crippen molar-refractivity contribution in [2.24, 2.45) is 10.9 Å². The van der Waals surface area contributed by atoms with Gasteiger partial charge in [-0.2, -0.15) is 0 Å². The van der Waals surface area contributed by atoms with Crippen molar-refractivity contribution in [3.63, 3.8) is 0 Å². The third kappa shape index (κ3) is 4.68. The van der Waals surface area contributed by atoms with Crippen LogP contribution in [0.2, 0.25) is 0 Å². The van der Waals surface area contributed by atoms with Crippen LogP contribution in [-0.2, 0) is 16.1 Å². The molecule has 6 nitrogen and oxygen atoms in total. The maximum absolute atomic E-state index is 8.57. The number of oxime groups is 1. The van der Waals surface area contributed by atoms with E-state index in [1.807, 2.05) is 19.9 Å². The van der Waals surface area contributed by atoms with Gasteiger partial charge < -0.3 is 20.4 Å². The lowest BCUT2D eigenvalue weighted by molar-refractivity contribution is -0.0116. The van der Waals surface area contributed by atoms with Gasteiger partial charge in [-0.3, -0.25) is 4.98 Å². The SMILES string of the molecule is CCOCC(C)OCc1ccnc(/C(N)=N/O)c1. The van der Waals surface area contributed by atoms with Gasteiger partial charge in [-0.1, -0.05) is 5.16 Å². The molecule has 1 unspecified atom stereocenters. The van der Waals surface area contributed by atoms with Crippen molar-refractivity contribution in [1.29, 1.82) is 0 Å². The Labute approximate surface area is 106 Å². The topological polar surface area (TPSA) is 90.0 Å². The van der Waals surface area contributed by atoms with Crippen LogP contribution in [0, 0.1) is 0 Å². The summed E-state index contributed by atoms with van der Waals surface area (Å²) in [5.74, 6) is -0.0146. The van der Waals surface area contributed by atoms with Crippen molar-refractivity contribution >= 4 is 5.84 Å². The molecular formula is C12H19N3O3. The summed E-state index contributed by atoms with van der Waals surface area (Å²) in [6.45, 7) is 5.56. The molecule has 0 spiro atoms. The van der Waals surface area contributed by atoms with E-state index in [2.05, 4.69) is 10.1 Å². The second-order valence-corrected chi connectivity index (χ2v) is 3.82. The molecule has 18 heavy (non-hydrogen) atoms. The Kier molecular flexibility index (Phi) is 6.10. The number of aromatic nitrogens is 1. The van der Waals surface area contributed by atoms with Crippen LogP contribution in [0.3, 0.4) is 0 Å². The van der Waals surface area contributed by atoms with E-state index in [1.54, 1.807) is 12.3 Å². The number of nitrogens with zero attached hydrogens (tertiary/aromatic N) is 2. The van der Waals surface area contributed by atoms with Crippen LogP contribution in [0.5, 0.6) is 0 Å². The minimum atomic E-state index is -0.0146. The molecule has 0 saturated carbocycles. The van der Waals surface area contributed by atoms with Crippen LogP contribution >= 0.6 is 0 Å². The highest BCUT2D eigenvalue weighted by atomic mass is 16.5. The molecule has 1 rings (SSSR count).